The van der Waals surface area contributed by atoms with E-state index in [1.54, 1.807) is 21.2 Å². The second-order valence-electron chi connectivity index (χ2n) is 6.54. The number of amides is 1. The van der Waals surface area contributed by atoms with Gasteiger partial charge in [-0.15, -0.1) is 0 Å². The monoisotopic (exact) mass is 335 g/mol. The SMILES string of the molecule is CCCCN(C)C(=O)CC1CSc2nc3c(c(=O)n21)CCCC3. The second-order valence-corrected chi connectivity index (χ2v) is 7.53. The summed E-state index contributed by atoms with van der Waals surface area (Å²) < 4.78 is 1.79. The molecule has 126 valence electrons. The molecule has 0 aromatic carbocycles. The van der Waals surface area contributed by atoms with E-state index in [-0.39, 0.29) is 17.5 Å². The molecule has 2 aliphatic rings. The smallest absolute Gasteiger partial charge is 0.257 e. The number of unbranched alkanes of at least 4 members (excludes halogenated alkanes) is 1. The molecule has 2 heterocycles. The van der Waals surface area contributed by atoms with Gasteiger partial charge in [0.15, 0.2) is 5.16 Å². The molecule has 3 rings (SSSR count). The first kappa shape index (κ1) is 16.6. The Morgan fingerprint density at radius 2 is 2.17 bits per heavy atom. The zero-order valence-electron chi connectivity index (χ0n) is 14.0. The van der Waals surface area contributed by atoms with Crippen molar-refractivity contribution in [1.82, 2.24) is 14.5 Å². The van der Waals surface area contributed by atoms with Crippen molar-refractivity contribution in [3.05, 3.63) is 21.6 Å². The molecule has 0 N–H and O–H groups in total. The molecule has 0 saturated heterocycles. The maximum atomic E-state index is 12.8. The minimum atomic E-state index is -0.0428. The number of nitrogens with zero attached hydrogens (tertiary/aromatic N) is 3. The van der Waals surface area contributed by atoms with E-state index in [0.29, 0.717) is 6.42 Å². The highest BCUT2D eigenvalue weighted by Crippen LogP contribution is 2.34. The van der Waals surface area contributed by atoms with E-state index in [9.17, 15) is 9.59 Å². The Hall–Kier alpha value is -1.30. The first-order valence-electron chi connectivity index (χ1n) is 8.62. The standard InChI is InChI=1S/C17H25N3O2S/c1-3-4-9-19(2)15(21)10-12-11-23-17-18-14-8-6-5-7-13(14)16(22)20(12)17/h12H,3-11H2,1-2H3. The number of carbonyl (C=O) groups excluding carboxylic acids is 1. The van der Waals surface area contributed by atoms with Gasteiger partial charge in [-0.1, -0.05) is 25.1 Å². The molecule has 1 aromatic rings. The highest BCUT2D eigenvalue weighted by atomic mass is 32.2. The van der Waals surface area contributed by atoms with Crippen LogP contribution in [0.2, 0.25) is 0 Å². The number of fused-ring (bicyclic) bond motifs is 2. The summed E-state index contributed by atoms with van der Waals surface area (Å²) in [5.74, 6) is 0.903. The average molecular weight is 335 g/mol. The van der Waals surface area contributed by atoms with E-state index in [1.807, 2.05) is 7.05 Å². The molecule has 5 nitrogen and oxygen atoms in total. The largest absolute Gasteiger partial charge is 0.346 e. The average Bonchev–Trinajstić information content (AvgIpc) is 2.95. The lowest BCUT2D eigenvalue weighted by molar-refractivity contribution is -0.130. The van der Waals surface area contributed by atoms with E-state index >= 15 is 0 Å². The predicted molar refractivity (Wildman–Crippen MR) is 92.1 cm³/mol. The molecule has 0 fully saturated rings. The van der Waals surface area contributed by atoms with Crippen LogP contribution in [0.5, 0.6) is 0 Å². The van der Waals surface area contributed by atoms with Crippen molar-refractivity contribution < 1.29 is 4.79 Å². The Morgan fingerprint density at radius 1 is 1.39 bits per heavy atom. The van der Waals surface area contributed by atoms with Crippen LogP contribution in [0.15, 0.2) is 9.95 Å². The first-order chi connectivity index (χ1) is 11.1. The minimum absolute atomic E-state index is 0.0428. The summed E-state index contributed by atoms with van der Waals surface area (Å²) in [6, 6.07) is -0.0428. The summed E-state index contributed by atoms with van der Waals surface area (Å²) in [4.78, 5) is 31.7. The zero-order chi connectivity index (χ0) is 16.4. The van der Waals surface area contributed by atoms with Crippen LogP contribution in [0, 0.1) is 0 Å². The summed E-state index contributed by atoms with van der Waals surface area (Å²) in [6.45, 7) is 2.91. The lowest BCUT2D eigenvalue weighted by Crippen LogP contribution is -2.34. The van der Waals surface area contributed by atoms with Crippen LogP contribution < -0.4 is 5.56 Å². The Bertz CT molecular complexity index is 656. The van der Waals surface area contributed by atoms with Crippen LogP contribution in [0.3, 0.4) is 0 Å². The number of thioether (sulfide) groups is 1. The number of aromatic nitrogens is 2. The fourth-order valence-corrected chi connectivity index (χ4v) is 4.50. The van der Waals surface area contributed by atoms with Gasteiger partial charge in [0.2, 0.25) is 5.91 Å². The van der Waals surface area contributed by atoms with Gasteiger partial charge in [0.25, 0.3) is 5.56 Å². The van der Waals surface area contributed by atoms with Gasteiger partial charge in [-0.05, 0) is 32.1 Å². The molecule has 0 spiro atoms. The lowest BCUT2D eigenvalue weighted by Gasteiger charge is -2.21. The Kier molecular flexibility index (Phi) is 5.09. The van der Waals surface area contributed by atoms with Crippen molar-refractivity contribution in [2.45, 2.75) is 63.1 Å². The van der Waals surface area contributed by atoms with Crippen molar-refractivity contribution in [3.8, 4) is 0 Å². The van der Waals surface area contributed by atoms with E-state index < -0.39 is 0 Å². The maximum absolute atomic E-state index is 12.8. The summed E-state index contributed by atoms with van der Waals surface area (Å²) in [6.07, 6.45) is 6.45. The third-order valence-electron chi connectivity index (χ3n) is 4.81. The highest BCUT2D eigenvalue weighted by Gasteiger charge is 2.31. The number of hydrogen-bond acceptors (Lipinski definition) is 4. The van der Waals surface area contributed by atoms with Gasteiger partial charge in [-0.25, -0.2) is 4.98 Å². The molecular formula is C17H25N3O2S. The summed E-state index contributed by atoms with van der Waals surface area (Å²) in [5.41, 5.74) is 1.98. The first-order valence-corrected chi connectivity index (χ1v) is 9.61. The lowest BCUT2D eigenvalue weighted by atomic mass is 9.97. The predicted octanol–water partition coefficient (Wildman–Crippen LogP) is 2.42. The Balaban J connectivity index is 1.79. The molecule has 23 heavy (non-hydrogen) atoms. The second kappa shape index (κ2) is 7.07. The van der Waals surface area contributed by atoms with Crippen LogP contribution >= 0.6 is 11.8 Å². The summed E-state index contributed by atoms with van der Waals surface area (Å²) >= 11 is 1.62. The van der Waals surface area contributed by atoms with Crippen LogP contribution in [-0.4, -0.2) is 39.7 Å². The van der Waals surface area contributed by atoms with Gasteiger partial charge in [-0.2, -0.15) is 0 Å². The van der Waals surface area contributed by atoms with Crippen LogP contribution in [0.4, 0.5) is 0 Å². The van der Waals surface area contributed by atoms with E-state index in [4.69, 9.17) is 4.98 Å². The summed E-state index contributed by atoms with van der Waals surface area (Å²) in [5, 5.41) is 0.810. The molecule has 1 aromatic heterocycles. The fourth-order valence-electron chi connectivity index (χ4n) is 3.34. The van der Waals surface area contributed by atoms with Gasteiger partial charge < -0.3 is 4.90 Å². The number of aryl methyl sites for hydroxylation is 1. The normalized spacial score (nSPS) is 19.3. The molecule has 0 bridgehead atoms. The molecular weight excluding hydrogens is 310 g/mol. The van der Waals surface area contributed by atoms with Crippen LogP contribution in [-0.2, 0) is 17.6 Å². The van der Waals surface area contributed by atoms with Gasteiger partial charge in [0, 0.05) is 31.3 Å². The highest BCUT2D eigenvalue weighted by molar-refractivity contribution is 7.99. The van der Waals surface area contributed by atoms with E-state index in [0.717, 1.165) is 67.2 Å². The molecule has 1 unspecified atom stereocenters. The van der Waals surface area contributed by atoms with E-state index in [1.165, 1.54) is 0 Å². The quantitative estimate of drug-likeness (QED) is 0.776. The Morgan fingerprint density at radius 3 is 2.96 bits per heavy atom. The maximum Gasteiger partial charge on any atom is 0.257 e. The van der Waals surface area contributed by atoms with Crippen LogP contribution in [0.1, 0.15) is 56.3 Å². The Labute approximate surface area is 141 Å². The third-order valence-corrected chi connectivity index (χ3v) is 5.90. The van der Waals surface area contributed by atoms with Gasteiger partial charge >= 0.3 is 0 Å². The third kappa shape index (κ3) is 3.32. The zero-order valence-corrected chi connectivity index (χ0v) is 14.8. The molecule has 1 atom stereocenters. The topological polar surface area (TPSA) is 55.2 Å². The van der Waals surface area contributed by atoms with Gasteiger partial charge in [0.1, 0.15) is 0 Å². The fraction of sp³-hybridized carbons (Fsp3) is 0.706. The van der Waals surface area contributed by atoms with Crippen molar-refractivity contribution >= 4 is 17.7 Å². The van der Waals surface area contributed by atoms with Gasteiger partial charge in [-0.3, -0.25) is 14.2 Å². The molecule has 0 saturated carbocycles. The summed E-state index contributed by atoms with van der Waals surface area (Å²) in [7, 11) is 1.86. The number of rotatable bonds is 5. The van der Waals surface area contributed by atoms with Crippen LogP contribution in [0.25, 0.3) is 0 Å². The molecule has 1 amide bonds. The molecule has 1 aliphatic heterocycles. The molecule has 6 heteroatoms. The van der Waals surface area contributed by atoms with Crippen molar-refractivity contribution in [2.24, 2.45) is 0 Å². The minimum Gasteiger partial charge on any atom is -0.346 e. The molecule has 0 radical (unpaired) electrons. The molecule has 1 aliphatic carbocycles. The van der Waals surface area contributed by atoms with E-state index in [2.05, 4.69) is 6.92 Å². The van der Waals surface area contributed by atoms with Crippen molar-refractivity contribution in [3.63, 3.8) is 0 Å². The number of carbonyl (C=O) groups is 1. The van der Waals surface area contributed by atoms with Gasteiger partial charge in [0.05, 0.1) is 11.7 Å². The number of hydrogen-bond donors (Lipinski definition) is 0. The van der Waals surface area contributed by atoms with Crippen molar-refractivity contribution in [2.75, 3.05) is 19.3 Å². The van der Waals surface area contributed by atoms with Crippen molar-refractivity contribution in [1.29, 1.82) is 0 Å².